The summed E-state index contributed by atoms with van der Waals surface area (Å²) < 4.78 is 0. The van der Waals surface area contributed by atoms with Crippen LogP contribution in [0, 0.1) is 17.8 Å². The summed E-state index contributed by atoms with van der Waals surface area (Å²) in [6.45, 7) is 9.91. The predicted molar refractivity (Wildman–Crippen MR) is 61.3 cm³/mol. The first-order valence-electron chi connectivity index (χ1n) is 6.42. The van der Waals surface area contributed by atoms with E-state index in [1.165, 1.54) is 38.8 Å². The summed E-state index contributed by atoms with van der Waals surface area (Å²) in [5.41, 5.74) is 0. The zero-order chi connectivity index (χ0) is 10.1. The van der Waals surface area contributed by atoms with Gasteiger partial charge in [0.05, 0.1) is 0 Å². The van der Waals surface area contributed by atoms with E-state index in [0.717, 1.165) is 23.8 Å². The van der Waals surface area contributed by atoms with Crippen molar-refractivity contribution in [3.63, 3.8) is 0 Å². The average Bonchev–Trinajstić information content (AvgIpc) is 2.70. The normalized spacial score (nSPS) is 35.1. The van der Waals surface area contributed by atoms with Gasteiger partial charge in [0.15, 0.2) is 0 Å². The van der Waals surface area contributed by atoms with E-state index >= 15 is 0 Å². The summed E-state index contributed by atoms with van der Waals surface area (Å²) in [6, 6.07) is 0.853. The Morgan fingerprint density at radius 1 is 1.14 bits per heavy atom. The number of rotatable bonds is 4. The molecule has 14 heavy (non-hydrogen) atoms. The molecular formula is C13H25N. The van der Waals surface area contributed by atoms with Gasteiger partial charge in [-0.2, -0.15) is 0 Å². The van der Waals surface area contributed by atoms with E-state index in [1.807, 2.05) is 0 Å². The van der Waals surface area contributed by atoms with Crippen molar-refractivity contribution in [1.82, 2.24) is 4.90 Å². The lowest BCUT2D eigenvalue weighted by Gasteiger charge is -2.23. The minimum atomic E-state index is 0.853. The van der Waals surface area contributed by atoms with Crippen molar-refractivity contribution in [2.75, 3.05) is 13.1 Å². The average molecular weight is 195 g/mol. The Hall–Kier alpha value is -0.0400. The molecule has 1 aliphatic carbocycles. The van der Waals surface area contributed by atoms with Crippen molar-refractivity contribution >= 4 is 0 Å². The maximum Gasteiger partial charge on any atom is 0.00696 e. The monoisotopic (exact) mass is 195 g/mol. The molecule has 1 saturated heterocycles. The van der Waals surface area contributed by atoms with Crippen molar-refractivity contribution in [2.45, 2.75) is 52.5 Å². The number of hydrogen-bond acceptors (Lipinski definition) is 1. The molecule has 2 aliphatic rings. The fraction of sp³-hybridized carbons (Fsp3) is 1.00. The second-order valence-electron chi connectivity index (χ2n) is 5.73. The molecule has 0 radical (unpaired) electrons. The van der Waals surface area contributed by atoms with Crippen LogP contribution in [-0.4, -0.2) is 24.0 Å². The van der Waals surface area contributed by atoms with Crippen LogP contribution in [0.25, 0.3) is 0 Å². The van der Waals surface area contributed by atoms with Crippen LogP contribution in [0.3, 0.4) is 0 Å². The molecule has 0 aromatic carbocycles. The van der Waals surface area contributed by atoms with Crippen LogP contribution < -0.4 is 0 Å². The third-order valence-corrected chi connectivity index (χ3v) is 4.24. The maximum atomic E-state index is 2.69. The first-order valence-corrected chi connectivity index (χ1v) is 6.42. The van der Waals surface area contributed by atoms with E-state index < -0.39 is 0 Å². The summed E-state index contributed by atoms with van der Waals surface area (Å²) in [4.78, 5) is 2.69. The Bertz CT molecular complexity index is 182. The molecule has 0 aromatic rings. The molecule has 0 amide bonds. The van der Waals surface area contributed by atoms with Crippen LogP contribution in [0.5, 0.6) is 0 Å². The van der Waals surface area contributed by atoms with Gasteiger partial charge in [0.25, 0.3) is 0 Å². The van der Waals surface area contributed by atoms with E-state index in [9.17, 15) is 0 Å². The molecule has 2 fully saturated rings. The lowest BCUT2D eigenvalue weighted by Crippen LogP contribution is -2.30. The topological polar surface area (TPSA) is 3.24 Å². The van der Waals surface area contributed by atoms with Crippen LogP contribution in [0.4, 0.5) is 0 Å². The fourth-order valence-electron chi connectivity index (χ4n) is 3.13. The Morgan fingerprint density at radius 2 is 1.79 bits per heavy atom. The molecule has 1 saturated carbocycles. The minimum absolute atomic E-state index is 0.853. The molecule has 82 valence electrons. The molecule has 0 N–H and O–H groups in total. The van der Waals surface area contributed by atoms with Gasteiger partial charge in [0.2, 0.25) is 0 Å². The Kier molecular flexibility index (Phi) is 3.16. The van der Waals surface area contributed by atoms with E-state index in [0.29, 0.717) is 0 Å². The van der Waals surface area contributed by atoms with Crippen molar-refractivity contribution in [3.8, 4) is 0 Å². The van der Waals surface area contributed by atoms with E-state index in [-0.39, 0.29) is 0 Å². The first kappa shape index (κ1) is 10.5. The molecule has 1 aliphatic heterocycles. The van der Waals surface area contributed by atoms with Gasteiger partial charge in [0, 0.05) is 6.04 Å². The van der Waals surface area contributed by atoms with Gasteiger partial charge in [-0.05, 0) is 63.5 Å². The van der Waals surface area contributed by atoms with Gasteiger partial charge in [-0.1, -0.05) is 13.8 Å². The second-order valence-corrected chi connectivity index (χ2v) is 5.73. The van der Waals surface area contributed by atoms with Gasteiger partial charge < -0.3 is 4.90 Å². The molecule has 2 rings (SSSR count). The van der Waals surface area contributed by atoms with Crippen molar-refractivity contribution in [2.24, 2.45) is 17.8 Å². The number of likely N-dealkylation sites (tertiary alicyclic amines) is 1. The molecule has 3 unspecified atom stereocenters. The minimum Gasteiger partial charge on any atom is -0.301 e. The highest BCUT2D eigenvalue weighted by Crippen LogP contribution is 2.47. The van der Waals surface area contributed by atoms with Gasteiger partial charge in [-0.15, -0.1) is 0 Å². The standard InChI is InChI=1S/C13H25N/c1-10(2)13-9-12(13)8-11(3)14-6-4-5-7-14/h10-13H,4-9H2,1-3H3. The van der Waals surface area contributed by atoms with Gasteiger partial charge in [-0.3, -0.25) is 0 Å². The molecule has 0 bridgehead atoms. The van der Waals surface area contributed by atoms with E-state index in [1.54, 1.807) is 0 Å². The number of nitrogens with zero attached hydrogens (tertiary/aromatic N) is 1. The van der Waals surface area contributed by atoms with Crippen LogP contribution in [-0.2, 0) is 0 Å². The molecular weight excluding hydrogens is 170 g/mol. The van der Waals surface area contributed by atoms with Crippen LogP contribution >= 0.6 is 0 Å². The third-order valence-electron chi connectivity index (χ3n) is 4.24. The zero-order valence-electron chi connectivity index (χ0n) is 10.00. The maximum absolute atomic E-state index is 2.69. The third kappa shape index (κ3) is 2.31. The first-order chi connectivity index (χ1) is 6.68. The fourth-order valence-corrected chi connectivity index (χ4v) is 3.13. The van der Waals surface area contributed by atoms with Crippen molar-refractivity contribution in [3.05, 3.63) is 0 Å². The van der Waals surface area contributed by atoms with E-state index in [2.05, 4.69) is 25.7 Å². The van der Waals surface area contributed by atoms with E-state index in [4.69, 9.17) is 0 Å². The molecule has 1 heterocycles. The lowest BCUT2D eigenvalue weighted by atomic mass is 10.0. The van der Waals surface area contributed by atoms with Crippen LogP contribution in [0.1, 0.15) is 46.5 Å². The predicted octanol–water partition coefficient (Wildman–Crippen LogP) is 3.15. The van der Waals surface area contributed by atoms with Crippen LogP contribution in [0.15, 0.2) is 0 Å². The zero-order valence-corrected chi connectivity index (χ0v) is 10.00. The van der Waals surface area contributed by atoms with Gasteiger partial charge in [-0.25, -0.2) is 0 Å². The largest absolute Gasteiger partial charge is 0.301 e. The second kappa shape index (κ2) is 4.22. The quantitative estimate of drug-likeness (QED) is 0.666. The van der Waals surface area contributed by atoms with Crippen molar-refractivity contribution in [1.29, 1.82) is 0 Å². The van der Waals surface area contributed by atoms with Gasteiger partial charge >= 0.3 is 0 Å². The highest BCUT2D eigenvalue weighted by atomic mass is 15.2. The summed E-state index contributed by atoms with van der Waals surface area (Å²) in [6.07, 6.45) is 5.84. The molecule has 3 atom stereocenters. The molecule has 0 aromatic heterocycles. The SMILES string of the molecule is CC(C)C1CC1CC(C)N1CCCC1. The Balaban J connectivity index is 1.70. The highest BCUT2D eigenvalue weighted by molar-refractivity contribution is 4.91. The molecule has 1 heteroatoms. The Labute approximate surface area is 88.9 Å². The van der Waals surface area contributed by atoms with Crippen LogP contribution in [0.2, 0.25) is 0 Å². The molecule has 1 nitrogen and oxygen atoms in total. The summed E-state index contributed by atoms with van der Waals surface area (Å²) in [5.74, 6) is 3.04. The van der Waals surface area contributed by atoms with Crippen molar-refractivity contribution < 1.29 is 0 Å². The Morgan fingerprint density at radius 3 is 2.29 bits per heavy atom. The highest BCUT2D eigenvalue weighted by Gasteiger charge is 2.40. The summed E-state index contributed by atoms with van der Waals surface area (Å²) in [7, 11) is 0. The summed E-state index contributed by atoms with van der Waals surface area (Å²) in [5, 5.41) is 0. The molecule has 0 spiro atoms. The summed E-state index contributed by atoms with van der Waals surface area (Å²) >= 11 is 0. The smallest absolute Gasteiger partial charge is 0.00696 e. The lowest BCUT2D eigenvalue weighted by molar-refractivity contribution is 0.234. The van der Waals surface area contributed by atoms with Gasteiger partial charge in [0.1, 0.15) is 0 Å². The number of hydrogen-bond donors (Lipinski definition) is 0.